The van der Waals surface area contributed by atoms with Crippen molar-refractivity contribution in [2.45, 2.75) is 38.6 Å². The van der Waals surface area contributed by atoms with Crippen LogP contribution >= 0.6 is 0 Å². The Hall–Kier alpha value is -2.11. The van der Waals surface area contributed by atoms with Crippen molar-refractivity contribution < 1.29 is 14.0 Å². The van der Waals surface area contributed by atoms with E-state index in [-0.39, 0.29) is 23.8 Å². The van der Waals surface area contributed by atoms with E-state index in [1.807, 2.05) is 4.90 Å². The molecule has 0 aliphatic carbocycles. The van der Waals surface area contributed by atoms with Gasteiger partial charge in [0.05, 0.1) is 0 Å². The van der Waals surface area contributed by atoms with Crippen LogP contribution in [0.15, 0.2) is 18.2 Å². The maximum absolute atomic E-state index is 13.7. The number of anilines is 1. The normalized spacial score (nSPS) is 28.6. The number of rotatable bonds is 1. The molecule has 1 aromatic rings. The van der Waals surface area contributed by atoms with Crippen LogP contribution in [0.4, 0.5) is 14.9 Å². The summed E-state index contributed by atoms with van der Waals surface area (Å²) in [5, 5.41) is 2.86. The van der Waals surface area contributed by atoms with Crippen LogP contribution in [0.3, 0.4) is 0 Å². The number of nitrogens with one attached hydrogen (secondary N) is 1. The van der Waals surface area contributed by atoms with Gasteiger partial charge in [-0.2, -0.15) is 0 Å². The number of amides is 3. The molecular weight excluding hydrogens is 321 g/mol. The molecule has 3 fully saturated rings. The summed E-state index contributed by atoms with van der Waals surface area (Å²) in [5.74, 6) is 0.663. The summed E-state index contributed by atoms with van der Waals surface area (Å²) in [7, 11) is 0. The average Bonchev–Trinajstić information content (AvgIpc) is 2.60. The lowest BCUT2D eigenvalue weighted by Crippen LogP contribution is -2.61. The number of hydrogen-bond acceptors (Lipinski definition) is 2. The summed E-state index contributed by atoms with van der Waals surface area (Å²) in [4.78, 5) is 28.8. The predicted octanol–water partition coefficient (Wildman–Crippen LogP) is 3.00. The number of carbonyl (C=O) groups excluding carboxylic acids is 2. The van der Waals surface area contributed by atoms with Crippen molar-refractivity contribution in [1.29, 1.82) is 0 Å². The number of carbonyl (C=O) groups is 2. The number of halogens is 1. The van der Waals surface area contributed by atoms with Crippen LogP contribution in [0.5, 0.6) is 0 Å². The summed E-state index contributed by atoms with van der Waals surface area (Å²) in [5.41, 5.74) is 0.979. The molecule has 2 bridgehead atoms. The first kappa shape index (κ1) is 16.4. The molecular formula is C19H24FN3O2. The Kier molecular flexibility index (Phi) is 4.13. The number of piperidine rings is 3. The number of hydrogen-bond donors (Lipinski definition) is 1. The van der Waals surface area contributed by atoms with Crippen molar-refractivity contribution in [3.8, 4) is 0 Å². The first-order chi connectivity index (χ1) is 12.0. The predicted molar refractivity (Wildman–Crippen MR) is 92.7 cm³/mol. The van der Waals surface area contributed by atoms with Gasteiger partial charge in [0.15, 0.2) is 0 Å². The molecule has 0 radical (unpaired) electrons. The molecule has 3 aliphatic rings. The van der Waals surface area contributed by atoms with Gasteiger partial charge in [-0.25, -0.2) is 9.18 Å². The van der Waals surface area contributed by atoms with Gasteiger partial charge in [0, 0.05) is 43.3 Å². The lowest BCUT2D eigenvalue weighted by Gasteiger charge is -2.52. The quantitative estimate of drug-likeness (QED) is 0.851. The zero-order valence-corrected chi connectivity index (χ0v) is 14.5. The molecule has 2 unspecified atom stereocenters. The Bertz CT molecular complexity index is 708. The highest BCUT2D eigenvalue weighted by molar-refractivity contribution is 5.90. The third-order valence-electron chi connectivity index (χ3n) is 5.98. The smallest absolute Gasteiger partial charge is 0.321 e. The second-order valence-corrected chi connectivity index (χ2v) is 7.62. The van der Waals surface area contributed by atoms with Crippen LogP contribution in [0, 0.1) is 24.6 Å². The number of fused-ring (bicyclic) bond motifs is 4. The molecule has 0 spiro atoms. The second-order valence-electron chi connectivity index (χ2n) is 7.62. The molecule has 0 saturated carbocycles. The third-order valence-corrected chi connectivity index (χ3v) is 5.98. The van der Waals surface area contributed by atoms with Crippen LogP contribution in [0.1, 0.15) is 31.2 Å². The molecule has 0 aromatic heterocycles. The molecule has 5 nitrogen and oxygen atoms in total. The van der Waals surface area contributed by atoms with Gasteiger partial charge in [-0.1, -0.05) is 6.07 Å². The van der Waals surface area contributed by atoms with Gasteiger partial charge < -0.3 is 15.1 Å². The number of urea groups is 1. The maximum atomic E-state index is 13.7. The Morgan fingerprint density at radius 3 is 2.96 bits per heavy atom. The van der Waals surface area contributed by atoms with Crippen molar-refractivity contribution in [2.24, 2.45) is 11.8 Å². The molecule has 3 amide bonds. The van der Waals surface area contributed by atoms with Crippen LogP contribution < -0.4 is 5.32 Å². The second kappa shape index (κ2) is 6.32. The molecule has 25 heavy (non-hydrogen) atoms. The van der Waals surface area contributed by atoms with Crippen LogP contribution in [-0.4, -0.2) is 47.4 Å². The fourth-order valence-electron chi connectivity index (χ4n) is 4.71. The fraction of sp³-hybridized carbons (Fsp3) is 0.579. The van der Waals surface area contributed by atoms with Crippen molar-refractivity contribution in [3.05, 3.63) is 29.6 Å². The van der Waals surface area contributed by atoms with Gasteiger partial charge in [0.1, 0.15) is 5.82 Å². The first-order valence-electron chi connectivity index (χ1n) is 9.13. The minimum absolute atomic E-state index is 0.168. The third kappa shape index (κ3) is 2.98. The van der Waals surface area contributed by atoms with E-state index in [1.54, 1.807) is 19.1 Å². The van der Waals surface area contributed by atoms with E-state index in [1.165, 1.54) is 6.07 Å². The topological polar surface area (TPSA) is 52.7 Å². The lowest BCUT2D eigenvalue weighted by molar-refractivity contribution is -0.144. The van der Waals surface area contributed by atoms with Crippen molar-refractivity contribution in [3.63, 3.8) is 0 Å². The molecule has 3 saturated heterocycles. The highest BCUT2D eigenvalue weighted by Gasteiger charge is 2.44. The number of likely N-dealkylation sites (tertiary alicyclic amines) is 1. The van der Waals surface area contributed by atoms with Gasteiger partial charge in [-0.3, -0.25) is 4.79 Å². The van der Waals surface area contributed by atoms with Crippen molar-refractivity contribution in [1.82, 2.24) is 9.80 Å². The van der Waals surface area contributed by atoms with E-state index < -0.39 is 0 Å². The summed E-state index contributed by atoms with van der Waals surface area (Å²) in [6.45, 7) is 3.77. The molecule has 4 rings (SSSR count). The molecule has 6 heteroatoms. The molecule has 1 N–H and O–H groups in total. The standard InChI is InChI=1S/C19H24FN3O2/c1-12-15(20)4-2-5-16(12)21-19(25)22-9-13-8-14(11-22)17-6-3-7-18(24)23(17)10-13/h2,4-5,13-14,17H,3,6-11H2,1H3,(H,21,25)/t13?,14?,17-/m1/s1. The van der Waals surface area contributed by atoms with Crippen LogP contribution in [0.2, 0.25) is 0 Å². The highest BCUT2D eigenvalue weighted by Crippen LogP contribution is 2.38. The van der Waals surface area contributed by atoms with Crippen LogP contribution in [-0.2, 0) is 4.79 Å². The first-order valence-corrected chi connectivity index (χ1v) is 9.13. The summed E-state index contributed by atoms with van der Waals surface area (Å²) in [6.07, 6.45) is 3.76. The Morgan fingerprint density at radius 2 is 2.12 bits per heavy atom. The molecule has 134 valence electrons. The SMILES string of the molecule is Cc1c(F)cccc1NC(=O)N1CC2CC(C1)[C@H]1CCCC(=O)N1C2. The van der Waals surface area contributed by atoms with E-state index in [4.69, 9.17) is 0 Å². The minimum Gasteiger partial charge on any atom is -0.339 e. The monoisotopic (exact) mass is 345 g/mol. The number of benzene rings is 1. The summed E-state index contributed by atoms with van der Waals surface area (Å²) >= 11 is 0. The van der Waals surface area contributed by atoms with E-state index >= 15 is 0 Å². The Balaban J connectivity index is 1.47. The van der Waals surface area contributed by atoms with Crippen LogP contribution in [0.25, 0.3) is 0 Å². The van der Waals surface area contributed by atoms with E-state index in [9.17, 15) is 14.0 Å². The van der Waals surface area contributed by atoms with Crippen molar-refractivity contribution >= 4 is 17.6 Å². The van der Waals surface area contributed by atoms with E-state index in [0.717, 1.165) is 25.8 Å². The maximum Gasteiger partial charge on any atom is 0.321 e. The minimum atomic E-state index is -0.315. The van der Waals surface area contributed by atoms with Gasteiger partial charge >= 0.3 is 6.03 Å². The van der Waals surface area contributed by atoms with E-state index in [2.05, 4.69) is 10.2 Å². The fourth-order valence-corrected chi connectivity index (χ4v) is 4.71. The Morgan fingerprint density at radius 1 is 1.28 bits per heavy atom. The molecule has 3 heterocycles. The summed E-state index contributed by atoms with van der Waals surface area (Å²) in [6, 6.07) is 4.84. The molecule has 3 aliphatic heterocycles. The lowest BCUT2D eigenvalue weighted by atomic mass is 9.76. The average molecular weight is 345 g/mol. The number of nitrogens with zero attached hydrogens (tertiary/aromatic N) is 2. The summed E-state index contributed by atoms with van der Waals surface area (Å²) < 4.78 is 13.7. The van der Waals surface area contributed by atoms with Gasteiger partial charge in [-0.15, -0.1) is 0 Å². The molecule has 1 aromatic carbocycles. The largest absolute Gasteiger partial charge is 0.339 e. The van der Waals surface area contributed by atoms with Gasteiger partial charge in [-0.05, 0) is 50.2 Å². The zero-order valence-electron chi connectivity index (χ0n) is 14.5. The highest BCUT2D eigenvalue weighted by atomic mass is 19.1. The Labute approximate surface area is 147 Å². The molecule has 3 atom stereocenters. The zero-order chi connectivity index (χ0) is 17.6. The van der Waals surface area contributed by atoms with E-state index in [0.29, 0.717) is 42.6 Å². The van der Waals surface area contributed by atoms with Crippen molar-refractivity contribution in [2.75, 3.05) is 25.0 Å². The van der Waals surface area contributed by atoms with Gasteiger partial charge in [0.2, 0.25) is 5.91 Å². The van der Waals surface area contributed by atoms with Gasteiger partial charge in [0.25, 0.3) is 0 Å².